The molecule has 164 valence electrons. The minimum atomic E-state index is -3.82. The number of benzene rings is 4. The standard InChI is InChI=1S/C28H23NO3S/c30-26-25(27(29-26)33(31,32)24-19-11-4-12-20-24)28(21-13-5-1-6-14-21,22-15-7-2-8-16-22)23-17-9-3-10-18-23/h1-20,25,27H,(H,29,30)/t25-,27?/m1/s1. The number of nitrogens with one attached hydrogen (secondary N) is 1. The molecule has 1 aliphatic heterocycles. The maximum atomic E-state index is 13.7. The first-order valence-corrected chi connectivity index (χ1v) is 12.4. The minimum Gasteiger partial charge on any atom is -0.338 e. The van der Waals surface area contributed by atoms with E-state index in [1.807, 2.05) is 91.0 Å². The SMILES string of the molecule is O=C1NC(S(=O)(=O)c2ccccc2)[C@@H]1C(c1ccccc1)(c1ccccc1)c1ccccc1. The largest absolute Gasteiger partial charge is 0.338 e. The molecule has 1 fully saturated rings. The fourth-order valence-corrected chi connectivity index (χ4v) is 6.72. The van der Waals surface area contributed by atoms with Gasteiger partial charge in [0, 0.05) is 0 Å². The van der Waals surface area contributed by atoms with E-state index in [-0.39, 0.29) is 10.8 Å². The van der Waals surface area contributed by atoms with E-state index in [2.05, 4.69) is 5.32 Å². The first-order valence-electron chi connectivity index (χ1n) is 10.8. The van der Waals surface area contributed by atoms with Gasteiger partial charge < -0.3 is 5.32 Å². The second-order valence-corrected chi connectivity index (χ2v) is 10.2. The smallest absolute Gasteiger partial charge is 0.228 e. The molecule has 1 amide bonds. The lowest BCUT2D eigenvalue weighted by Crippen LogP contribution is -2.68. The average molecular weight is 454 g/mol. The zero-order chi connectivity index (χ0) is 22.9. The van der Waals surface area contributed by atoms with Crippen molar-refractivity contribution in [3.05, 3.63) is 138 Å². The molecular formula is C28H23NO3S. The maximum absolute atomic E-state index is 13.7. The molecule has 5 rings (SSSR count). The number of hydrogen-bond acceptors (Lipinski definition) is 3. The summed E-state index contributed by atoms with van der Waals surface area (Å²) in [4.78, 5) is 13.5. The molecule has 4 aromatic carbocycles. The molecule has 0 saturated carbocycles. The molecule has 33 heavy (non-hydrogen) atoms. The van der Waals surface area contributed by atoms with Crippen molar-refractivity contribution in [2.45, 2.75) is 15.7 Å². The van der Waals surface area contributed by atoms with Gasteiger partial charge in [-0.05, 0) is 28.8 Å². The van der Waals surface area contributed by atoms with Crippen molar-refractivity contribution in [1.82, 2.24) is 5.32 Å². The first kappa shape index (κ1) is 21.2. The molecule has 0 spiro atoms. The van der Waals surface area contributed by atoms with Crippen LogP contribution >= 0.6 is 0 Å². The highest BCUT2D eigenvalue weighted by atomic mass is 32.2. The Morgan fingerprint density at radius 2 is 0.939 bits per heavy atom. The van der Waals surface area contributed by atoms with Gasteiger partial charge in [0.05, 0.1) is 16.2 Å². The summed E-state index contributed by atoms with van der Waals surface area (Å²) in [6.45, 7) is 0. The van der Waals surface area contributed by atoms with Gasteiger partial charge in [-0.25, -0.2) is 8.42 Å². The lowest BCUT2D eigenvalue weighted by atomic mass is 9.59. The Morgan fingerprint density at radius 3 is 1.30 bits per heavy atom. The number of carbonyl (C=O) groups excluding carboxylic acids is 1. The highest BCUT2D eigenvalue weighted by Gasteiger charge is 2.60. The van der Waals surface area contributed by atoms with Crippen LogP contribution in [0.25, 0.3) is 0 Å². The highest BCUT2D eigenvalue weighted by molar-refractivity contribution is 7.92. The number of β-lactam (4-membered cyclic amide) rings is 1. The number of carbonyl (C=O) groups is 1. The summed E-state index contributed by atoms with van der Waals surface area (Å²) in [5.74, 6) is -1.13. The maximum Gasteiger partial charge on any atom is 0.228 e. The summed E-state index contributed by atoms with van der Waals surface area (Å²) in [6, 6.07) is 37.4. The topological polar surface area (TPSA) is 63.2 Å². The molecule has 4 aromatic rings. The van der Waals surface area contributed by atoms with Crippen molar-refractivity contribution in [3.63, 3.8) is 0 Å². The van der Waals surface area contributed by atoms with Crippen LogP contribution < -0.4 is 5.32 Å². The van der Waals surface area contributed by atoms with E-state index in [0.29, 0.717) is 0 Å². The van der Waals surface area contributed by atoms with Gasteiger partial charge in [0.1, 0.15) is 5.37 Å². The van der Waals surface area contributed by atoms with E-state index in [4.69, 9.17) is 0 Å². The predicted molar refractivity (Wildman–Crippen MR) is 128 cm³/mol. The Morgan fingerprint density at radius 1 is 0.576 bits per heavy atom. The molecule has 1 N–H and O–H groups in total. The minimum absolute atomic E-state index is 0.197. The van der Waals surface area contributed by atoms with Gasteiger partial charge >= 0.3 is 0 Å². The van der Waals surface area contributed by atoms with Gasteiger partial charge in [0.25, 0.3) is 0 Å². The summed E-state index contributed by atoms with van der Waals surface area (Å²) in [7, 11) is -3.82. The third-order valence-corrected chi connectivity index (χ3v) is 8.42. The van der Waals surface area contributed by atoms with Crippen LogP contribution in [0.2, 0.25) is 0 Å². The van der Waals surface area contributed by atoms with E-state index in [9.17, 15) is 13.2 Å². The van der Waals surface area contributed by atoms with Gasteiger partial charge in [-0.3, -0.25) is 4.79 Å². The van der Waals surface area contributed by atoms with Crippen molar-refractivity contribution in [3.8, 4) is 0 Å². The average Bonchev–Trinajstić information content (AvgIpc) is 2.87. The normalized spacial score (nSPS) is 18.2. The molecule has 1 heterocycles. The molecule has 1 unspecified atom stereocenters. The van der Waals surface area contributed by atoms with Crippen LogP contribution in [0, 0.1) is 5.92 Å². The molecule has 0 bridgehead atoms. The second-order valence-electron chi connectivity index (χ2n) is 8.17. The second kappa shape index (κ2) is 8.34. The van der Waals surface area contributed by atoms with E-state index >= 15 is 0 Å². The van der Waals surface area contributed by atoms with Gasteiger partial charge in [-0.1, -0.05) is 109 Å². The van der Waals surface area contributed by atoms with Crippen molar-refractivity contribution < 1.29 is 13.2 Å². The van der Waals surface area contributed by atoms with Crippen LogP contribution in [0.1, 0.15) is 16.7 Å². The third kappa shape index (κ3) is 3.36. The molecule has 0 aliphatic carbocycles. The fourth-order valence-electron chi connectivity index (χ4n) is 4.93. The quantitative estimate of drug-likeness (QED) is 0.344. The number of rotatable bonds is 6. The van der Waals surface area contributed by atoms with Crippen molar-refractivity contribution in [2.75, 3.05) is 0 Å². The zero-order valence-corrected chi connectivity index (χ0v) is 18.7. The Balaban J connectivity index is 1.80. The lowest BCUT2D eigenvalue weighted by molar-refractivity contribution is -0.134. The molecular weight excluding hydrogens is 430 g/mol. The molecule has 1 aliphatic rings. The monoisotopic (exact) mass is 453 g/mol. The molecule has 0 radical (unpaired) electrons. The third-order valence-electron chi connectivity index (χ3n) is 6.43. The van der Waals surface area contributed by atoms with Crippen LogP contribution in [0.5, 0.6) is 0 Å². The van der Waals surface area contributed by atoms with Crippen molar-refractivity contribution in [2.24, 2.45) is 5.92 Å². The fraction of sp³-hybridized carbons (Fsp3) is 0.107. The van der Waals surface area contributed by atoms with E-state index < -0.39 is 26.5 Å². The van der Waals surface area contributed by atoms with Crippen LogP contribution in [-0.4, -0.2) is 19.7 Å². The molecule has 5 heteroatoms. The van der Waals surface area contributed by atoms with Gasteiger partial charge in [0.15, 0.2) is 9.84 Å². The Hall–Kier alpha value is -3.70. The lowest BCUT2D eigenvalue weighted by Gasteiger charge is -2.50. The Bertz CT molecular complexity index is 1260. The van der Waals surface area contributed by atoms with Crippen LogP contribution in [0.3, 0.4) is 0 Å². The van der Waals surface area contributed by atoms with E-state index in [1.54, 1.807) is 30.3 Å². The molecule has 4 nitrogen and oxygen atoms in total. The summed E-state index contributed by atoms with van der Waals surface area (Å²) >= 11 is 0. The van der Waals surface area contributed by atoms with E-state index in [1.165, 1.54) is 0 Å². The molecule has 2 atom stereocenters. The van der Waals surface area contributed by atoms with Crippen LogP contribution in [0.15, 0.2) is 126 Å². The van der Waals surface area contributed by atoms with Crippen LogP contribution in [0.4, 0.5) is 0 Å². The Labute approximate surface area is 193 Å². The first-order chi connectivity index (χ1) is 16.1. The molecule has 0 aromatic heterocycles. The summed E-state index contributed by atoms with van der Waals surface area (Å²) in [5, 5.41) is 1.66. The zero-order valence-electron chi connectivity index (χ0n) is 17.8. The summed E-state index contributed by atoms with van der Waals surface area (Å²) in [6.07, 6.45) is 0. The number of hydrogen-bond donors (Lipinski definition) is 1. The summed E-state index contributed by atoms with van der Waals surface area (Å²) < 4.78 is 27.4. The van der Waals surface area contributed by atoms with Gasteiger partial charge in [-0.15, -0.1) is 0 Å². The molecule has 1 saturated heterocycles. The Kier molecular flexibility index (Phi) is 5.35. The van der Waals surface area contributed by atoms with Gasteiger partial charge in [-0.2, -0.15) is 0 Å². The number of sulfone groups is 1. The van der Waals surface area contributed by atoms with Gasteiger partial charge in [0.2, 0.25) is 5.91 Å². The van der Waals surface area contributed by atoms with Crippen molar-refractivity contribution >= 4 is 15.7 Å². The van der Waals surface area contributed by atoms with E-state index in [0.717, 1.165) is 16.7 Å². The van der Waals surface area contributed by atoms with Crippen molar-refractivity contribution in [1.29, 1.82) is 0 Å². The highest BCUT2D eigenvalue weighted by Crippen LogP contribution is 2.50. The summed E-state index contributed by atoms with van der Waals surface area (Å²) in [5.41, 5.74) is 1.63. The van der Waals surface area contributed by atoms with Crippen LogP contribution in [-0.2, 0) is 20.0 Å². The number of amides is 1. The predicted octanol–water partition coefficient (Wildman–Crippen LogP) is 4.57.